The zero-order valence-corrected chi connectivity index (χ0v) is 20.5. The molecular formula is C24H36N10. The Morgan fingerprint density at radius 2 is 0.941 bits per heavy atom. The molecule has 0 aliphatic heterocycles. The Balaban J connectivity index is 1.40. The number of hydrogen-bond acceptors (Lipinski definition) is 7. The lowest BCUT2D eigenvalue weighted by Gasteiger charge is -2.21. The monoisotopic (exact) mass is 464 g/mol. The number of aromatic amines is 3. The minimum Gasteiger partial charge on any atom is -0.348 e. The quantitative estimate of drug-likeness (QED) is 0.236. The molecule has 0 saturated carbocycles. The van der Waals surface area contributed by atoms with Crippen molar-refractivity contribution in [2.45, 2.75) is 40.0 Å². The molecule has 10 heteroatoms. The number of imidazole rings is 3. The smallest absolute Gasteiger partial charge is 0.101 e. The van der Waals surface area contributed by atoms with Gasteiger partial charge in [0.2, 0.25) is 0 Å². The highest BCUT2D eigenvalue weighted by Gasteiger charge is 2.05. The second kappa shape index (κ2) is 14.0. The van der Waals surface area contributed by atoms with Gasteiger partial charge in [0.1, 0.15) is 17.1 Å². The number of nitrogens with one attached hydrogen (secondary N) is 3. The van der Waals surface area contributed by atoms with Gasteiger partial charge >= 0.3 is 0 Å². The first kappa shape index (κ1) is 25.2. The van der Waals surface area contributed by atoms with Crippen molar-refractivity contribution in [3.8, 4) is 0 Å². The van der Waals surface area contributed by atoms with Crippen LogP contribution in [0.4, 0.5) is 0 Å². The molecule has 0 fully saturated rings. The second-order valence-electron chi connectivity index (χ2n) is 8.25. The lowest BCUT2D eigenvalue weighted by molar-refractivity contribution is 0.269. The predicted octanol–water partition coefficient (Wildman–Crippen LogP) is 2.91. The maximum absolute atomic E-state index is 4.54. The van der Waals surface area contributed by atoms with E-state index in [1.165, 1.54) is 0 Å². The summed E-state index contributed by atoms with van der Waals surface area (Å²) in [5.41, 5.74) is 5.86. The predicted molar refractivity (Wildman–Crippen MR) is 138 cm³/mol. The number of nitrogens with zero attached hydrogens (tertiary/aromatic N) is 7. The minimum atomic E-state index is 0.788. The first-order valence-corrected chi connectivity index (χ1v) is 11.8. The molecule has 0 amide bonds. The summed E-state index contributed by atoms with van der Waals surface area (Å²) in [5.74, 6) is 0. The van der Waals surface area contributed by atoms with Crippen molar-refractivity contribution < 1.29 is 0 Å². The van der Waals surface area contributed by atoms with Gasteiger partial charge in [-0.3, -0.25) is 15.0 Å². The number of H-pyrrole nitrogens is 3. The molecule has 182 valence electrons. The van der Waals surface area contributed by atoms with Gasteiger partial charge in [0.05, 0.1) is 19.0 Å². The molecule has 3 heterocycles. The molecule has 0 aromatic carbocycles. The zero-order chi connectivity index (χ0) is 24.0. The van der Waals surface area contributed by atoms with Crippen LogP contribution in [-0.4, -0.2) is 92.7 Å². The summed E-state index contributed by atoms with van der Waals surface area (Å²) in [6, 6.07) is 0. The normalized spacial score (nSPS) is 12.4. The Morgan fingerprint density at radius 3 is 1.21 bits per heavy atom. The molecule has 0 aliphatic rings. The highest BCUT2D eigenvalue weighted by molar-refractivity contribution is 5.79. The molecule has 0 spiro atoms. The number of aliphatic imine (C=N–C) groups is 3. The van der Waals surface area contributed by atoms with Crippen LogP contribution >= 0.6 is 0 Å². The van der Waals surface area contributed by atoms with E-state index in [1.54, 1.807) is 19.0 Å². The summed E-state index contributed by atoms with van der Waals surface area (Å²) >= 11 is 0. The van der Waals surface area contributed by atoms with E-state index in [0.717, 1.165) is 92.7 Å². The molecule has 0 atom stereocenters. The third-order valence-electron chi connectivity index (χ3n) is 5.53. The van der Waals surface area contributed by atoms with Crippen molar-refractivity contribution in [3.05, 3.63) is 53.1 Å². The fraction of sp³-hybridized carbons (Fsp3) is 0.500. The maximum atomic E-state index is 4.54. The van der Waals surface area contributed by atoms with E-state index in [1.807, 2.05) is 39.4 Å². The van der Waals surface area contributed by atoms with Crippen LogP contribution in [0.3, 0.4) is 0 Å². The van der Waals surface area contributed by atoms with Gasteiger partial charge in [-0.1, -0.05) is 0 Å². The van der Waals surface area contributed by atoms with E-state index in [0.29, 0.717) is 0 Å². The first-order chi connectivity index (χ1) is 16.6. The summed E-state index contributed by atoms with van der Waals surface area (Å²) in [7, 11) is 0. The van der Waals surface area contributed by atoms with Gasteiger partial charge in [-0.2, -0.15) is 0 Å². The van der Waals surface area contributed by atoms with Gasteiger partial charge < -0.3 is 19.9 Å². The summed E-state index contributed by atoms with van der Waals surface area (Å²) in [6.45, 7) is 11.4. The number of hydrogen-bond donors (Lipinski definition) is 3. The topological polar surface area (TPSA) is 126 Å². The van der Waals surface area contributed by atoms with Crippen LogP contribution in [0.2, 0.25) is 0 Å². The molecule has 0 aliphatic carbocycles. The molecule has 3 aromatic heterocycles. The van der Waals surface area contributed by atoms with Crippen LogP contribution in [-0.2, 0) is 0 Å². The van der Waals surface area contributed by atoms with Crippen molar-refractivity contribution in [2.75, 3.05) is 39.3 Å². The van der Waals surface area contributed by atoms with Crippen molar-refractivity contribution >= 4 is 18.6 Å². The number of rotatable bonds is 15. The van der Waals surface area contributed by atoms with Gasteiger partial charge in [0.25, 0.3) is 0 Å². The van der Waals surface area contributed by atoms with E-state index in [4.69, 9.17) is 0 Å². The van der Waals surface area contributed by atoms with Gasteiger partial charge in [-0.25, -0.2) is 15.0 Å². The lowest BCUT2D eigenvalue weighted by Crippen LogP contribution is -2.28. The van der Waals surface area contributed by atoms with E-state index < -0.39 is 0 Å². The Kier molecular flexibility index (Phi) is 10.4. The Hall–Kier alpha value is -3.40. The Labute approximate surface area is 201 Å². The average molecular weight is 465 g/mol. The summed E-state index contributed by atoms with van der Waals surface area (Å²) in [4.78, 5) is 38.1. The largest absolute Gasteiger partial charge is 0.348 e. The standard InChI is InChI=1S/C24H36N10/c1-19-22(31-16-28-19)13-25-7-4-10-34(11-5-8-26-14-23-20(2)29-17-32-23)12-6-9-27-15-24-21(3)30-18-33-24/h13-18H,4-12H2,1-3H3,(H,28,31)(H,29,32)(H,30,33). The van der Waals surface area contributed by atoms with Gasteiger partial charge in [0.15, 0.2) is 0 Å². The zero-order valence-electron chi connectivity index (χ0n) is 20.5. The summed E-state index contributed by atoms with van der Waals surface area (Å²) < 4.78 is 0. The van der Waals surface area contributed by atoms with Crippen molar-refractivity contribution in [1.29, 1.82) is 0 Å². The Bertz CT molecular complexity index is 922. The molecule has 0 radical (unpaired) electrons. The lowest BCUT2D eigenvalue weighted by atomic mass is 10.3. The molecule has 10 nitrogen and oxygen atoms in total. The van der Waals surface area contributed by atoms with Crippen LogP contribution in [0.25, 0.3) is 0 Å². The highest BCUT2D eigenvalue weighted by atomic mass is 15.1. The molecule has 3 aromatic rings. The molecular weight excluding hydrogens is 428 g/mol. The van der Waals surface area contributed by atoms with Gasteiger partial charge in [-0.05, 0) is 59.7 Å². The summed E-state index contributed by atoms with van der Waals surface area (Å²) in [6.07, 6.45) is 13.7. The van der Waals surface area contributed by atoms with Crippen LogP contribution in [0.1, 0.15) is 53.4 Å². The third-order valence-corrected chi connectivity index (χ3v) is 5.53. The van der Waals surface area contributed by atoms with Gasteiger partial charge in [0, 0.05) is 55.4 Å². The van der Waals surface area contributed by atoms with E-state index in [9.17, 15) is 0 Å². The number of aromatic nitrogens is 6. The number of aryl methyl sites for hydroxylation is 3. The van der Waals surface area contributed by atoms with Crippen LogP contribution in [0.5, 0.6) is 0 Å². The highest BCUT2D eigenvalue weighted by Crippen LogP contribution is 2.02. The molecule has 0 saturated heterocycles. The van der Waals surface area contributed by atoms with E-state index >= 15 is 0 Å². The Morgan fingerprint density at radius 1 is 0.618 bits per heavy atom. The van der Waals surface area contributed by atoms with Crippen LogP contribution in [0, 0.1) is 20.8 Å². The molecule has 0 unspecified atom stereocenters. The molecule has 0 bridgehead atoms. The fourth-order valence-electron chi connectivity index (χ4n) is 3.44. The van der Waals surface area contributed by atoms with E-state index in [2.05, 4.69) is 49.8 Å². The third kappa shape index (κ3) is 8.51. The van der Waals surface area contributed by atoms with E-state index in [-0.39, 0.29) is 0 Å². The SMILES string of the molecule is Cc1[nH]cnc1C=NCCCN(CCCN=Cc1nc[nH]c1C)CCCN=Cc1nc[nH]c1C. The molecule has 3 N–H and O–H groups in total. The van der Waals surface area contributed by atoms with Crippen molar-refractivity contribution in [3.63, 3.8) is 0 Å². The fourth-order valence-corrected chi connectivity index (χ4v) is 3.44. The van der Waals surface area contributed by atoms with Gasteiger partial charge in [-0.15, -0.1) is 0 Å². The first-order valence-electron chi connectivity index (χ1n) is 11.8. The van der Waals surface area contributed by atoms with Crippen LogP contribution in [0.15, 0.2) is 34.0 Å². The maximum Gasteiger partial charge on any atom is 0.101 e. The van der Waals surface area contributed by atoms with Crippen molar-refractivity contribution in [2.24, 2.45) is 15.0 Å². The second-order valence-corrected chi connectivity index (χ2v) is 8.25. The van der Waals surface area contributed by atoms with Crippen LogP contribution < -0.4 is 0 Å². The summed E-state index contributed by atoms with van der Waals surface area (Å²) in [5, 5.41) is 0. The average Bonchev–Trinajstić information content (AvgIpc) is 3.55. The molecule has 3 rings (SSSR count). The van der Waals surface area contributed by atoms with Crippen molar-refractivity contribution in [1.82, 2.24) is 34.8 Å². The minimum absolute atomic E-state index is 0.788. The molecule has 34 heavy (non-hydrogen) atoms.